The van der Waals surface area contributed by atoms with Gasteiger partial charge in [-0.3, -0.25) is 19.2 Å². The molecular formula is C23H33N2O8+. The molecule has 1 amide bonds. The number of pyridine rings is 1. The third kappa shape index (κ3) is 7.52. The molecule has 1 aromatic rings. The van der Waals surface area contributed by atoms with Crippen LogP contribution in [0.1, 0.15) is 70.0 Å². The van der Waals surface area contributed by atoms with Crippen molar-refractivity contribution in [1.82, 2.24) is 0 Å². The van der Waals surface area contributed by atoms with Gasteiger partial charge in [0.1, 0.15) is 24.4 Å². The van der Waals surface area contributed by atoms with Crippen molar-refractivity contribution in [3.05, 3.63) is 30.1 Å². The molecule has 182 valence electrons. The van der Waals surface area contributed by atoms with Gasteiger partial charge in [-0.05, 0) is 18.9 Å². The fourth-order valence-electron chi connectivity index (χ4n) is 3.59. The molecule has 0 radical (unpaired) electrons. The second-order valence-corrected chi connectivity index (χ2v) is 8.01. The Kier molecular flexibility index (Phi) is 9.77. The van der Waals surface area contributed by atoms with Gasteiger partial charge >= 0.3 is 24.1 Å². The van der Waals surface area contributed by atoms with Gasteiger partial charge in [0, 0.05) is 18.9 Å². The van der Waals surface area contributed by atoms with E-state index in [9.17, 15) is 19.2 Å². The molecule has 1 saturated heterocycles. The molecule has 2 rings (SSSR count). The van der Waals surface area contributed by atoms with Crippen LogP contribution in [0.2, 0.25) is 0 Å². The van der Waals surface area contributed by atoms with Crippen molar-refractivity contribution in [2.24, 2.45) is 11.7 Å². The van der Waals surface area contributed by atoms with E-state index < -0.39 is 42.3 Å². The highest BCUT2D eigenvalue weighted by Crippen LogP contribution is 2.33. The van der Waals surface area contributed by atoms with Crippen LogP contribution in [0.5, 0.6) is 0 Å². The first kappa shape index (κ1) is 26.2. The molecule has 33 heavy (non-hydrogen) atoms. The number of nitrogens with zero attached hydrogens (tertiary/aromatic N) is 1. The Morgan fingerprint density at radius 3 is 2.42 bits per heavy atom. The van der Waals surface area contributed by atoms with Crippen molar-refractivity contribution in [2.75, 3.05) is 6.61 Å². The number of amides is 1. The van der Waals surface area contributed by atoms with Crippen LogP contribution in [0.15, 0.2) is 24.5 Å². The van der Waals surface area contributed by atoms with E-state index >= 15 is 0 Å². The summed E-state index contributed by atoms with van der Waals surface area (Å²) in [6.45, 7) is 6.89. The van der Waals surface area contributed by atoms with Crippen molar-refractivity contribution in [2.45, 2.75) is 77.9 Å². The van der Waals surface area contributed by atoms with Gasteiger partial charge in [0.15, 0.2) is 18.5 Å². The quantitative estimate of drug-likeness (QED) is 0.296. The van der Waals surface area contributed by atoms with Gasteiger partial charge in [-0.15, -0.1) is 0 Å². The zero-order valence-electron chi connectivity index (χ0n) is 19.5. The number of carbonyl (C=O) groups excluding carboxylic acids is 4. The van der Waals surface area contributed by atoms with E-state index in [1.807, 2.05) is 20.8 Å². The molecule has 1 aliphatic rings. The fraction of sp³-hybridized carbons (Fsp3) is 0.609. The molecule has 10 nitrogen and oxygen atoms in total. The van der Waals surface area contributed by atoms with Crippen LogP contribution in [0.3, 0.4) is 0 Å². The van der Waals surface area contributed by atoms with Crippen LogP contribution in [0.25, 0.3) is 0 Å². The molecule has 1 aliphatic heterocycles. The van der Waals surface area contributed by atoms with Crippen molar-refractivity contribution in [1.29, 1.82) is 0 Å². The Morgan fingerprint density at radius 1 is 1.15 bits per heavy atom. The number of ether oxygens (including phenoxy) is 4. The Labute approximate surface area is 193 Å². The SMILES string of the molecule is CCC(CC)OC(=O)CCC(=O)OC[C@H]1O[C@@H]([n+]2cccc(C(N)=O)c2)C(OC(C)=O)[C@@H]1C. The number of carbonyl (C=O) groups is 4. The van der Waals surface area contributed by atoms with Gasteiger partial charge in [0.2, 0.25) is 0 Å². The lowest BCUT2D eigenvalue weighted by Gasteiger charge is -2.18. The second kappa shape index (κ2) is 12.3. The van der Waals surface area contributed by atoms with Crippen molar-refractivity contribution < 1.29 is 42.7 Å². The molecule has 2 heterocycles. The van der Waals surface area contributed by atoms with E-state index in [1.54, 1.807) is 22.9 Å². The van der Waals surface area contributed by atoms with Crippen LogP contribution in [-0.4, -0.2) is 48.7 Å². The standard InChI is InChI=1S/C23H32N2O8/c1-5-17(6-2)32-20(28)10-9-19(27)30-13-18-14(3)21(31-15(4)26)23(33-18)25-11-7-8-16(12-25)22(24)29/h7-8,11-12,14,17-18,21,23H,5-6,9-10,13H2,1-4H3,(H-,24,29)/p+1/t14-,18-,21?,23-/m1/s1. The first-order valence-electron chi connectivity index (χ1n) is 11.1. The second-order valence-electron chi connectivity index (χ2n) is 8.01. The third-order valence-corrected chi connectivity index (χ3v) is 5.55. The monoisotopic (exact) mass is 465 g/mol. The molecule has 0 bridgehead atoms. The van der Waals surface area contributed by atoms with Gasteiger partial charge in [-0.1, -0.05) is 20.8 Å². The number of esters is 3. The van der Waals surface area contributed by atoms with Crippen LogP contribution in [0, 0.1) is 5.92 Å². The number of aromatic nitrogens is 1. The molecule has 1 unspecified atom stereocenters. The topological polar surface area (TPSA) is 135 Å². The van der Waals surface area contributed by atoms with Crippen LogP contribution >= 0.6 is 0 Å². The Hall–Kier alpha value is -3.01. The lowest BCUT2D eigenvalue weighted by atomic mass is 10.0. The maximum atomic E-state index is 12.1. The number of rotatable bonds is 11. The minimum atomic E-state index is -0.734. The minimum Gasteiger partial charge on any atom is -0.463 e. The Balaban J connectivity index is 1.98. The molecule has 1 fully saturated rings. The maximum absolute atomic E-state index is 12.1. The zero-order chi connectivity index (χ0) is 24.5. The predicted octanol–water partition coefficient (Wildman–Crippen LogP) is 1.59. The van der Waals surface area contributed by atoms with E-state index in [0.717, 1.165) is 0 Å². The highest BCUT2D eigenvalue weighted by atomic mass is 16.6. The normalized spacial score (nSPS) is 22.1. The van der Waals surface area contributed by atoms with Crippen LogP contribution in [0.4, 0.5) is 0 Å². The number of primary amides is 1. The molecule has 1 aromatic heterocycles. The number of nitrogens with two attached hydrogens (primary N) is 1. The van der Waals surface area contributed by atoms with Gasteiger partial charge in [0.25, 0.3) is 5.91 Å². The van der Waals surface area contributed by atoms with Crippen LogP contribution < -0.4 is 10.3 Å². The number of hydrogen-bond donors (Lipinski definition) is 1. The van der Waals surface area contributed by atoms with Crippen molar-refractivity contribution >= 4 is 23.8 Å². The highest BCUT2D eigenvalue weighted by molar-refractivity contribution is 5.92. The van der Waals surface area contributed by atoms with E-state index in [-0.39, 0.29) is 37.0 Å². The lowest BCUT2D eigenvalue weighted by Crippen LogP contribution is -2.46. The first-order chi connectivity index (χ1) is 15.7. The average molecular weight is 466 g/mol. The molecule has 4 atom stereocenters. The van der Waals surface area contributed by atoms with E-state index in [1.165, 1.54) is 13.1 Å². The van der Waals surface area contributed by atoms with Gasteiger partial charge in [-0.25, -0.2) is 0 Å². The summed E-state index contributed by atoms with van der Waals surface area (Å²) in [6, 6.07) is 3.19. The lowest BCUT2D eigenvalue weighted by molar-refractivity contribution is -0.765. The summed E-state index contributed by atoms with van der Waals surface area (Å²) in [5.74, 6) is -2.39. The van der Waals surface area contributed by atoms with E-state index in [2.05, 4.69) is 0 Å². The average Bonchev–Trinajstić information content (AvgIpc) is 3.09. The molecule has 0 spiro atoms. The maximum Gasteiger partial charge on any atom is 0.306 e. The summed E-state index contributed by atoms with van der Waals surface area (Å²) >= 11 is 0. The van der Waals surface area contributed by atoms with Crippen LogP contribution in [-0.2, 0) is 33.3 Å². The summed E-state index contributed by atoms with van der Waals surface area (Å²) in [5.41, 5.74) is 5.62. The van der Waals surface area contributed by atoms with Gasteiger partial charge in [0.05, 0.1) is 12.8 Å². The third-order valence-electron chi connectivity index (χ3n) is 5.55. The predicted molar refractivity (Wildman–Crippen MR) is 114 cm³/mol. The van der Waals surface area contributed by atoms with Crippen molar-refractivity contribution in [3.63, 3.8) is 0 Å². The first-order valence-corrected chi connectivity index (χ1v) is 11.1. The van der Waals surface area contributed by atoms with Gasteiger partial charge in [-0.2, -0.15) is 4.57 Å². The number of hydrogen-bond acceptors (Lipinski definition) is 8. The Bertz CT molecular complexity index is 855. The molecular weight excluding hydrogens is 432 g/mol. The fourth-order valence-corrected chi connectivity index (χ4v) is 3.59. The minimum absolute atomic E-state index is 0.0646. The molecule has 0 aromatic carbocycles. The molecule has 0 aliphatic carbocycles. The largest absolute Gasteiger partial charge is 0.463 e. The highest BCUT2D eigenvalue weighted by Gasteiger charge is 2.50. The summed E-state index contributed by atoms with van der Waals surface area (Å²) in [4.78, 5) is 47.2. The zero-order valence-corrected chi connectivity index (χ0v) is 19.5. The van der Waals surface area contributed by atoms with Crippen molar-refractivity contribution in [3.8, 4) is 0 Å². The summed E-state index contributed by atoms with van der Waals surface area (Å²) in [5, 5.41) is 0. The molecule has 0 saturated carbocycles. The smallest absolute Gasteiger partial charge is 0.306 e. The van der Waals surface area contributed by atoms with E-state index in [0.29, 0.717) is 12.8 Å². The summed E-state index contributed by atoms with van der Waals surface area (Å²) in [7, 11) is 0. The molecule has 10 heteroatoms. The summed E-state index contributed by atoms with van der Waals surface area (Å²) < 4.78 is 23.7. The summed E-state index contributed by atoms with van der Waals surface area (Å²) in [6.07, 6.45) is 2.32. The van der Waals surface area contributed by atoms with E-state index in [4.69, 9.17) is 24.7 Å². The van der Waals surface area contributed by atoms with Gasteiger partial charge < -0.3 is 24.7 Å². The Morgan fingerprint density at radius 2 is 1.82 bits per heavy atom. The molecule has 2 N–H and O–H groups in total.